The molecule has 0 saturated heterocycles. The zero-order valence-corrected chi connectivity index (χ0v) is 11.2. The molecule has 1 nitrogen and oxygen atoms in total. The van der Waals surface area contributed by atoms with Crippen LogP contribution in [0, 0.1) is 5.92 Å². The minimum atomic E-state index is 0.242. The third-order valence-corrected chi connectivity index (χ3v) is 5.38. The Morgan fingerprint density at radius 1 is 1.44 bits per heavy atom. The molecule has 0 radical (unpaired) electrons. The number of rotatable bonds is 4. The molecule has 0 unspecified atom stereocenters. The molecule has 0 bridgehead atoms. The van der Waals surface area contributed by atoms with E-state index in [2.05, 4.69) is 13.0 Å². The van der Waals surface area contributed by atoms with Gasteiger partial charge in [0.1, 0.15) is 0 Å². The van der Waals surface area contributed by atoms with Crippen LogP contribution in [-0.2, 0) is 0 Å². The molecule has 2 N–H and O–H groups in total. The average Bonchev–Trinajstić information content (AvgIpc) is 2.25. The van der Waals surface area contributed by atoms with Crippen molar-refractivity contribution >= 4 is 23.4 Å². The highest BCUT2D eigenvalue weighted by Gasteiger charge is 2.43. The fourth-order valence-electron chi connectivity index (χ4n) is 2.33. The van der Waals surface area contributed by atoms with Gasteiger partial charge in [0.05, 0.1) is 5.02 Å². The Bertz CT molecular complexity index is 361. The van der Waals surface area contributed by atoms with Crippen LogP contribution in [0.25, 0.3) is 0 Å². The van der Waals surface area contributed by atoms with Crippen LogP contribution in [0.3, 0.4) is 0 Å². The molecule has 0 amide bonds. The van der Waals surface area contributed by atoms with Gasteiger partial charge in [-0.1, -0.05) is 37.1 Å². The van der Waals surface area contributed by atoms with Gasteiger partial charge in [0.2, 0.25) is 0 Å². The molecule has 0 atom stereocenters. The van der Waals surface area contributed by atoms with Gasteiger partial charge in [-0.05, 0) is 30.9 Å². The lowest BCUT2D eigenvalue weighted by Crippen LogP contribution is -2.46. The Morgan fingerprint density at radius 2 is 2.12 bits per heavy atom. The highest BCUT2D eigenvalue weighted by Crippen LogP contribution is 2.52. The summed E-state index contributed by atoms with van der Waals surface area (Å²) in [5.41, 5.74) is 5.92. The Morgan fingerprint density at radius 3 is 2.69 bits per heavy atom. The molecule has 0 aliphatic heterocycles. The van der Waals surface area contributed by atoms with Gasteiger partial charge in [-0.15, -0.1) is 11.8 Å². The largest absolute Gasteiger partial charge is 0.329 e. The van der Waals surface area contributed by atoms with E-state index in [1.165, 1.54) is 24.2 Å². The molecule has 3 heteroatoms. The van der Waals surface area contributed by atoms with E-state index in [0.29, 0.717) is 0 Å². The topological polar surface area (TPSA) is 26.0 Å². The summed E-state index contributed by atoms with van der Waals surface area (Å²) in [5, 5.41) is 0.847. The maximum atomic E-state index is 6.18. The first kappa shape index (κ1) is 12.3. The normalized spacial score (nSPS) is 28.8. The molecule has 0 aromatic heterocycles. The number of halogens is 1. The van der Waals surface area contributed by atoms with Gasteiger partial charge in [0, 0.05) is 16.2 Å². The maximum absolute atomic E-state index is 6.18. The highest BCUT2D eigenvalue weighted by molar-refractivity contribution is 8.00. The van der Waals surface area contributed by atoms with Crippen molar-refractivity contribution in [1.82, 2.24) is 0 Å². The van der Waals surface area contributed by atoms with E-state index in [1.807, 2.05) is 30.0 Å². The van der Waals surface area contributed by atoms with Crippen LogP contribution >= 0.6 is 23.4 Å². The smallest absolute Gasteiger partial charge is 0.0542 e. The van der Waals surface area contributed by atoms with Crippen molar-refractivity contribution in [3.05, 3.63) is 29.3 Å². The molecule has 0 spiro atoms. The first-order valence-electron chi connectivity index (χ1n) is 5.83. The first-order valence-corrected chi connectivity index (χ1v) is 7.02. The van der Waals surface area contributed by atoms with Crippen LogP contribution in [0.1, 0.15) is 26.2 Å². The van der Waals surface area contributed by atoms with Crippen molar-refractivity contribution in [2.75, 3.05) is 6.54 Å². The summed E-state index contributed by atoms with van der Waals surface area (Å²) < 4.78 is 0.242. The Kier molecular flexibility index (Phi) is 3.83. The Hall–Kier alpha value is -0.180. The second-order valence-corrected chi connectivity index (χ2v) is 6.52. The SMILES string of the molecule is CCC1CC(CN)(Sc2ccccc2Cl)C1. The number of hydrogen-bond acceptors (Lipinski definition) is 2. The molecule has 1 aliphatic carbocycles. The summed E-state index contributed by atoms with van der Waals surface area (Å²) in [4.78, 5) is 1.17. The van der Waals surface area contributed by atoms with E-state index >= 15 is 0 Å². The van der Waals surface area contributed by atoms with Gasteiger partial charge in [0.25, 0.3) is 0 Å². The third-order valence-electron chi connectivity index (χ3n) is 3.43. The lowest BCUT2D eigenvalue weighted by molar-refractivity contribution is 0.229. The number of hydrogen-bond donors (Lipinski definition) is 1. The lowest BCUT2D eigenvalue weighted by Gasteiger charge is -2.46. The molecule has 0 heterocycles. The van der Waals surface area contributed by atoms with Gasteiger partial charge in [-0.3, -0.25) is 0 Å². The van der Waals surface area contributed by atoms with E-state index in [9.17, 15) is 0 Å². The van der Waals surface area contributed by atoms with Crippen molar-refractivity contribution < 1.29 is 0 Å². The van der Waals surface area contributed by atoms with Crippen LogP contribution in [0.4, 0.5) is 0 Å². The molecular weight excluding hydrogens is 238 g/mol. The van der Waals surface area contributed by atoms with Gasteiger partial charge in [0.15, 0.2) is 0 Å². The summed E-state index contributed by atoms with van der Waals surface area (Å²) in [5.74, 6) is 0.860. The average molecular weight is 256 g/mol. The van der Waals surface area contributed by atoms with Crippen molar-refractivity contribution in [3.8, 4) is 0 Å². The molecule has 1 saturated carbocycles. The van der Waals surface area contributed by atoms with Gasteiger partial charge >= 0.3 is 0 Å². The van der Waals surface area contributed by atoms with Crippen molar-refractivity contribution in [2.45, 2.75) is 35.8 Å². The molecule has 1 fully saturated rings. The fourth-order valence-corrected chi connectivity index (χ4v) is 4.09. The van der Waals surface area contributed by atoms with Crippen LogP contribution in [0.15, 0.2) is 29.2 Å². The third kappa shape index (κ3) is 2.39. The van der Waals surface area contributed by atoms with Crippen LogP contribution in [0.2, 0.25) is 5.02 Å². The van der Waals surface area contributed by atoms with Crippen molar-refractivity contribution in [3.63, 3.8) is 0 Å². The van der Waals surface area contributed by atoms with Gasteiger partial charge < -0.3 is 5.73 Å². The second-order valence-electron chi connectivity index (χ2n) is 4.60. The molecule has 1 aromatic rings. The number of thioether (sulfide) groups is 1. The fraction of sp³-hybridized carbons (Fsp3) is 0.538. The van der Waals surface area contributed by atoms with Gasteiger partial charge in [-0.2, -0.15) is 0 Å². The van der Waals surface area contributed by atoms with E-state index in [4.69, 9.17) is 17.3 Å². The summed E-state index contributed by atoms with van der Waals surface area (Å²) in [6, 6.07) is 8.04. The first-order chi connectivity index (χ1) is 7.69. The second kappa shape index (κ2) is 4.99. The predicted octanol–water partition coefficient (Wildman–Crippen LogP) is 3.95. The molecular formula is C13H18ClNS. The van der Waals surface area contributed by atoms with E-state index in [1.54, 1.807) is 0 Å². The summed E-state index contributed by atoms with van der Waals surface area (Å²) >= 11 is 8.04. The zero-order valence-electron chi connectivity index (χ0n) is 9.58. The Labute approximate surface area is 107 Å². The molecule has 1 aromatic carbocycles. The van der Waals surface area contributed by atoms with E-state index < -0.39 is 0 Å². The summed E-state index contributed by atoms with van der Waals surface area (Å²) in [6.07, 6.45) is 3.73. The Balaban J connectivity index is 2.06. The molecule has 88 valence electrons. The molecule has 2 rings (SSSR count). The van der Waals surface area contributed by atoms with Crippen molar-refractivity contribution in [2.24, 2.45) is 11.7 Å². The van der Waals surface area contributed by atoms with Crippen molar-refractivity contribution in [1.29, 1.82) is 0 Å². The molecule has 16 heavy (non-hydrogen) atoms. The van der Waals surface area contributed by atoms with E-state index in [-0.39, 0.29) is 4.75 Å². The maximum Gasteiger partial charge on any atom is 0.0542 e. The predicted molar refractivity (Wildman–Crippen MR) is 72.1 cm³/mol. The van der Waals surface area contributed by atoms with Crippen LogP contribution in [-0.4, -0.2) is 11.3 Å². The zero-order chi connectivity index (χ0) is 11.6. The van der Waals surface area contributed by atoms with Crippen LogP contribution < -0.4 is 5.73 Å². The number of benzene rings is 1. The summed E-state index contributed by atoms with van der Waals surface area (Å²) in [6.45, 7) is 3.00. The lowest BCUT2D eigenvalue weighted by atomic mass is 9.73. The number of nitrogens with two attached hydrogens (primary N) is 1. The monoisotopic (exact) mass is 255 g/mol. The standard InChI is InChI=1S/C13H18ClNS/c1-2-10-7-13(8-10,9-15)16-12-6-4-3-5-11(12)14/h3-6,10H,2,7-9,15H2,1H3. The van der Waals surface area contributed by atoms with Gasteiger partial charge in [-0.25, -0.2) is 0 Å². The highest BCUT2D eigenvalue weighted by atomic mass is 35.5. The minimum Gasteiger partial charge on any atom is -0.329 e. The summed E-state index contributed by atoms with van der Waals surface area (Å²) in [7, 11) is 0. The van der Waals surface area contributed by atoms with Crippen LogP contribution in [0.5, 0.6) is 0 Å². The molecule has 1 aliphatic rings. The minimum absolute atomic E-state index is 0.242. The van der Waals surface area contributed by atoms with E-state index in [0.717, 1.165) is 17.5 Å². The quantitative estimate of drug-likeness (QED) is 0.882.